The van der Waals surface area contributed by atoms with Gasteiger partial charge in [0.05, 0.1) is 0 Å². The van der Waals surface area contributed by atoms with E-state index in [0.29, 0.717) is 0 Å². The Kier molecular flexibility index (Phi) is 5.20. The van der Waals surface area contributed by atoms with Crippen LogP contribution in [0.3, 0.4) is 0 Å². The summed E-state index contributed by atoms with van der Waals surface area (Å²) in [7, 11) is -2.72. The summed E-state index contributed by atoms with van der Waals surface area (Å²) in [6.45, 7) is 1.31. The second kappa shape index (κ2) is 5.88. The molecule has 0 saturated carbocycles. The first kappa shape index (κ1) is 15.9. The van der Waals surface area contributed by atoms with Crippen molar-refractivity contribution in [1.82, 2.24) is 0 Å². The molecule has 8 heteroatoms. The van der Waals surface area contributed by atoms with Gasteiger partial charge in [0, 0.05) is 13.5 Å². The fourth-order valence-corrected chi connectivity index (χ4v) is 5.00. The molecular weight excluding hydrogens is 319 g/mol. The molecule has 18 heavy (non-hydrogen) atoms. The molecule has 1 atom stereocenters. The molecule has 102 valence electrons. The van der Waals surface area contributed by atoms with E-state index in [9.17, 15) is 13.2 Å². The molecule has 1 aromatic rings. The van der Waals surface area contributed by atoms with Crippen molar-refractivity contribution in [2.45, 2.75) is 27.3 Å². The van der Waals surface area contributed by atoms with Crippen molar-refractivity contribution < 1.29 is 17.9 Å². The first-order valence-electron chi connectivity index (χ1n) is 4.91. The number of Topliss-reactive ketones (excluding diaryl/α,β-unsaturated/α-hetero) is 1. The zero-order valence-electron chi connectivity index (χ0n) is 9.72. The fraction of sp³-hybridized carbons (Fsp3) is 0.500. The molecule has 1 aromatic heterocycles. The van der Waals surface area contributed by atoms with Crippen LogP contribution in [0.1, 0.15) is 13.3 Å². The highest BCUT2D eigenvalue weighted by Crippen LogP contribution is 2.40. The van der Waals surface area contributed by atoms with Crippen LogP contribution < -0.4 is 0 Å². The molecule has 0 spiro atoms. The number of rotatable bonds is 6. The van der Waals surface area contributed by atoms with Crippen molar-refractivity contribution in [3.63, 3.8) is 0 Å². The van der Waals surface area contributed by atoms with Gasteiger partial charge in [-0.05, 0) is 18.4 Å². The van der Waals surface area contributed by atoms with Crippen LogP contribution in [0.2, 0.25) is 0 Å². The molecule has 0 aromatic carbocycles. The van der Waals surface area contributed by atoms with E-state index in [1.165, 1.54) is 20.1 Å². The Bertz CT molecular complexity index is 508. The standard InChI is InChI=1S/C10H12Cl2O4S2/c1-7(13)6-8(16-2)10(11,12)18(14,15)9-4-3-5-17-9/h3-5,8H,6H2,1-2H3. The Morgan fingerprint density at radius 3 is 2.56 bits per heavy atom. The lowest BCUT2D eigenvalue weighted by Gasteiger charge is -2.27. The number of hydrogen-bond donors (Lipinski definition) is 0. The second-order valence-corrected chi connectivity index (χ2v) is 8.76. The number of ketones is 1. The summed E-state index contributed by atoms with van der Waals surface area (Å²) in [5.74, 6) is -0.256. The average molecular weight is 331 g/mol. The van der Waals surface area contributed by atoms with Crippen molar-refractivity contribution in [2.75, 3.05) is 7.11 Å². The van der Waals surface area contributed by atoms with Gasteiger partial charge < -0.3 is 4.74 Å². The Labute approximate surface area is 120 Å². The number of sulfone groups is 1. The minimum atomic E-state index is -3.98. The summed E-state index contributed by atoms with van der Waals surface area (Å²) in [4.78, 5) is 11.1. The van der Waals surface area contributed by atoms with Crippen LogP contribution in [-0.4, -0.2) is 31.1 Å². The summed E-state index contributed by atoms with van der Waals surface area (Å²) in [5.41, 5.74) is 0. The summed E-state index contributed by atoms with van der Waals surface area (Å²) in [5, 5.41) is 1.60. The van der Waals surface area contributed by atoms with Gasteiger partial charge in [0.25, 0.3) is 0 Å². The maximum absolute atomic E-state index is 12.3. The molecule has 0 amide bonds. The average Bonchev–Trinajstić information content (AvgIpc) is 2.78. The molecule has 0 aliphatic rings. The minimum absolute atomic E-state index is 0.0399. The van der Waals surface area contributed by atoms with Gasteiger partial charge in [-0.15, -0.1) is 11.3 Å². The molecule has 0 saturated heterocycles. The van der Waals surface area contributed by atoms with E-state index < -0.39 is 19.6 Å². The van der Waals surface area contributed by atoms with Crippen molar-refractivity contribution in [3.8, 4) is 0 Å². The van der Waals surface area contributed by atoms with E-state index >= 15 is 0 Å². The lowest BCUT2D eigenvalue weighted by molar-refractivity contribution is -0.119. The van der Waals surface area contributed by atoms with E-state index in [-0.39, 0.29) is 16.4 Å². The van der Waals surface area contributed by atoms with E-state index in [1.54, 1.807) is 11.4 Å². The fourth-order valence-electron chi connectivity index (χ4n) is 1.32. The van der Waals surface area contributed by atoms with Crippen LogP contribution in [0.5, 0.6) is 0 Å². The quantitative estimate of drug-likeness (QED) is 0.752. The normalized spacial score (nSPS) is 14.4. The van der Waals surface area contributed by atoms with Crippen molar-refractivity contribution in [2.24, 2.45) is 0 Å². The third-order valence-electron chi connectivity index (χ3n) is 2.25. The summed E-state index contributed by atoms with van der Waals surface area (Å²) in [6, 6.07) is 2.98. The number of methoxy groups -OCH3 is 1. The van der Waals surface area contributed by atoms with Gasteiger partial charge in [-0.3, -0.25) is 4.79 Å². The molecule has 1 unspecified atom stereocenters. The van der Waals surface area contributed by atoms with E-state index in [4.69, 9.17) is 27.9 Å². The molecule has 0 aliphatic carbocycles. The SMILES string of the molecule is COC(CC(C)=O)C(Cl)(Cl)S(=O)(=O)c1cccs1. The maximum atomic E-state index is 12.3. The molecule has 0 aliphatic heterocycles. The number of ether oxygens (including phenoxy) is 1. The largest absolute Gasteiger partial charge is 0.377 e. The van der Waals surface area contributed by atoms with Crippen molar-refractivity contribution in [1.29, 1.82) is 0 Å². The lowest BCUT2D eigenvalue weighted by Crippen LogP contribution is -2.41. The zero-order valence-corrected chi connectivity index (χ0v) is 12.9. The van der Waals surface area contributed by atoms with E-state index in [2.05, 4.69) is 0 Å². The second-order valence-electron chi connectivity index (χ2n) is 3.63. The molecular formula is C10H12Cl2O4S2. The predicted octanol–water partition coefficient (Wildman–Crippen LogP) is 2.65. The first-order valence-corrected chi connectivity index (χ1v) is 8.03. The molecule has 4 nitrogen and oxygen atoms in total. The van der Waals surface area contributed by atoms with Crippen molar-refractivity contribution >= 4 is 50.2 Å². The highest BCUT2D eigenvalue weighted by Gasteiger charge is 2.49. The van der Waals surface area contributed by atoms with Crippen LogP contribution in [0.4, 0.5) is 0 Å². The lowest BCUT2D eigenvalue weighted by atomic mass is 10.2. The predicted molar refractivity (Wildman–Crippen MR) is 72.0 cm³/mol. The Morgan fingerprint density at radius 2 is 2.17 bits per heavy atom. The maximum Gasteiger partial charge on any atom is 0.249 e. The Balaban J connectivity index is 3.15. The minimum Gasteiger partial charge on any atom is -0.377 e. The molecule has 1 heterocycles. The molecule has 0 radical (unpaired) electrons. The van der Waals surface area contributed by atoms with Crippen LogP contribution in [0, 0.1) is 0 Å². The number of thiophene rings is 1. The smallest absolute Gasteiger partial charge is 0.249 e. The molecule has 0 fully saturated rings. The number of hydrogen-bond acceptors (Lipinski definition) is 5. The van der Waals surface area contributed by atoms with Gasteiger partial charge in [-0.2, -0.15) is 0 Å². The number of halogens is 2. The highest BCUT2D eigenvalue weighted by molar-refractivity contribution is 7.97. The van der Waals surface area contributed by atoms with E-state index in [1.807, 2.05) is 0 Å². The number of alkyl halides is 2. The summed E-state index contributed by atoms with van der Waals surface area (Å²) < 4.78 is 27.3. The molecule has 0 bridgehead atoms. The van der Waals surface area contributed by atoms with Crippen molar-refractivity contribution in [3.05, 3.63) is 17.5 Å². The van der Waals surface area contributed by atoms with Crippen LogP contribution in [-0.2, 0) is 19.4 Å². The monoisotopic (exact) mass is 330 g/mol. The van der Waals surface area contributed by atoms with Crippen LogP contribution in [0.25, 0.3) is 0 Å². The van der Waals surface area contributed by atoms with E-state index in [0.717, 1.165) is 11.3 Å². The van der Waals surface area contributed by atoms with Gasteiger partial charge in [-0.1, -0.05) is 29.3 Å². The third-order valence-corrected chi connectivity index (χ3v) is 7.21. The topological polar surface area (TPSA) is 60.4 Å². The van der Waals surface area contributed by atoms with Gasteiger partial charge >= 0.3 is 0 Å². The number of carbonyl (C=O) groups is 1. The van der Waals surface area contributed by atoms with Gasteiger partial charge in [0.1, 0.15) is 16.1 Å². The van der Waals surface area contributed by atoms with Crippen LogP contribution in [0.15, 0.2) is 21.7 Å². The number of carbonyl (C=O) groups excluding carboxylic acids is 1. The first-order chi connectivity index (χ1) is 8.23. The molecule has 0 N–H and O–H groups in total. The summed E-state index contributed by atoms with van der Waals surface area (Å²) in [6.07, 6.45) is -1.29. The summed E-state index contributed by atoms with van der Waals surface area (Å²) >= 11 is 12.9. The zero-order chi connectivity index (χ0) is 14.0. The molecule has 1 rings (SSSR count). The van der Waals surface area contributed by atoms with Gasteiger partial charge in [0.2, 0.25) is 13.5 Å². The Hall–Kier alpha value is -0.140. The Morgan fingerprint density at radius 1 is 1.56 bits per heavy atom. The van der Waals surface area contributed by atoms with Crippen LogP contribution >= 0.6 is 34.5 Å². The third kappa shape index (κ3) is 3.05. The van der Waals surface area contributed by atoms with Gasteiger partial charge in [0.15, 0.2) is 0 Å². The van der Waals surface area contributed by atoms with Gasteiger partial charge in [-0.25, -0.2) is 8.42 Å². The highest BCUT2D eigenvalue weighted by atomic mass is 35.5.